The van der Waals surface area contributed by atoms with E-state index in [1.165, 1.54) is 18.2 Å². The zero-order valence-corrected chi connectivity index (χ0v) is 12.9. The van der Waals surface area contributed by atoms with Gasteiger partial charge in [-0.2, -0.15) is 0 Å². The molecule has 0 spiro atoms. The summed E-state index contributed by atoms with van der Waals surface area (Å²) in [6.07, 6.45) is 0. The van der Waals surface area contributed by atoms with Crippen LogP contribution in [0.4, 0.5) is 10.1 Å². The maximum absolute atomic E-state index is 13.1. The largest absolute Gasteiger partial charge is 0.506 e. The lowest BCUT2D eigenvalue weighted by Crippen LogP contribution is -2.13. The standard InChI is InChI=1S/C12H8BrClFNO3S/c13-9-6-8(2-3-10(9)14)20(18,19)16-11-5-7(15)1-4-12(11)17/h1-6,16-17H. The Kier molecular flexibility index (Phi) is 4.22. The second kappa shape index (κ2) is 5.59. The Morgan fingerprint density at radius 3 is 2.55 bits per heavy atom. The SMILES string of the molecule is O=S(=O)(Nc1cc(F)ccc1O)c1ccc(Cl)c(Br)c1. The molecule has 0 saturated heterocycles. The fraction of sp³-hybridized carbons (Fsp3) is 0. The van der Waals surface area contributed by atoms with Gasteiger partial charge in [0.1, 0.15) is 11.6 Å². The molecule has 106 valence electrons. The summed E-state index contributed by atoms with van der Waals surface area (Å²) in [5.74, 6) is -1.04. The van der Waals surface area contributed by atoms with Gasteiger partial charge < -0.3 is 5.11 Å². The van der Waals surface area contributed by atoms with Crippen molar-refractivity contribution in [2.24, 2.45) is 0 Å². The summed E-state index contributed by atoms with van der Waals surface area (Å²) in [6.45, 7) is 0. The number of nitrogens with one attached hydrogen (secondary N) is 1. The number of phenols is 1. The van der Waals surface area contributed by atoms with E-state index in [4.69, 9.17) is 11.6 Å². The molecule has 4 nitrogen and oxygen atoms in total. The number of sulfonamides is 1. The molecule has 2 aromatic carbocycles. The van der Waals surface area contributed by atoms with Crippen molar-refractivity contribution in [3.05, 3.63) is 51.7 Å². The van der Waals surface area contributed by atoms with Gasteiger partial charge >= 0.3 is 0 Å². The summed E-state index contributed by atoms with van der Waals surface area (Å²) in [7, 11) is -3.96. The zero-order chi connectivity index (χ0) is 14.9. The van der Waals surface area contributed by atoms with Gasteiger partial charge in [0, 0.05) is 10.5 Å². The van der Waals surface area contributed by atoms with Crippen LogP contribution in [0.5, 0.6) is 5.75 Å². The van der Waals surface area contributed by atoms with Crippen molar-refractivity contribution in [2.45, 2.75) is 4.90 Å². The van der Waals surface area contributed by atoms with Crippen LogP contribution in [-0.2, 0) is 10.0 Å². The van der Waals surface area contributed by atoms with Gasteiger partial charge in [0.2, 0.25) is 0 Å². The predicted octanol–water partition coefficient (Wildman–Crippen LogP) is 3.75. The van der Waals surface area contributed by atoms with E-state index in [1.54, 1.807) is 0 Å². The first-order valence-electron chi connectivity index (χ1n) is 5.26. The minimum absolute atomic E-state index is 0.0718. The first-order chi connectivity index (χ1) is 9.29. The molecule has 2 aromatic rings. The predicted molar refractivity (Wildman–Crippen MR) is 78.0 cm³/mol. The van der Waals surface area contributed by atoms with Crippen molar-refractivity contribution in [1.29, 1.82) is 0 Å². The average molecular weight is 381 g/mol. The van der Waals surface area contributed by atoms with E-state index in [1.807, 2.05) is 0 Å². The third-order valence-electron chi connectivity index (χ3n) is 2.40. The molecule has 2 N–H and O–H groups in total. The fourth-order valence-corrected chi connectivity index (χ4v) is 3.18. The molecule has 0 amide bonds. The zero-order valence-electron chi connectivity index (χ0n) is 9.77. The number of rotatable bonds is 3. The molecule has 0 radical (unpaired) electrons. The van der Waals surface area contributed by atoms with Crippen LogP contribution in [0.3, 0.4) is 0 Å². The topological polar surface area (TPSA) is 66.4 Å². The molecule has 0 fully saturated rings. The van der Waals surface area contributed by atoms with E-state index in [9.17, 15) is 17.9 Å². The molecule has 0 heterocycles. The van der Waals surface area contributed by atoms with Gasteiger partial charge in [-0.1, -0.05) is 11.6 Å². The minimum atomic E-state index is -3.96. The fourth-order valence-electron chi connectivity index (χ4n) is 1.44. The lowest BCUT2D eigenvalue weighted by molar-refractivity contribution is 0.475. The molecular formula is C12H8BrClFNO3S. The van der Waals surface area contributed by atoms with E-state index < -0.39 is 15.8 Å². The van der Waals surface area contributed by atoms with Gasteiger partial charge in [0.05, 0.1) is 15.6 Å². The van der Waals surface area contributed by atoms with Crippen LogP contribution in [0, 0.1) is 5.82 Å². The number of phenolic OH excluding ortho intramolecular Hbond substituents is 1. The van der Waals surface area contributed by atoms with Crippen molar-refractivity contribution in [3.8, 4) is 5.75 Å². The van der Waals surface area contributed by atoms with Crippen LogP contribution in [-0.4, -0.2) is 13.5 Å². The lowest BCUT2D eigenvalue weighted by Gasteiger charge is -2.10. The third kappa shape index (κ3) is 3.23. The molecular weight excluding hydrogens is 373 g/mol. The Bertz CT molecular complexity index is 767. The molecule has 0 aliphatic rings. The summed E-state index contributed by atoms with van der Waals surface area (Å²) in [6, 6.07) is 6.98. The molecule has 0 atom stereocenters. The quantitative estimate of drug-likeness (QED) is 0.797. The third-order valence-corrected chi connectivity index (χ3v) is 4.98. The van der Waals surface area contributed by atoms with Crippen molar-refractivity contribution in [3.63, 3.8) is 0 Å². The molecule has 0 aliphatic heterocycles. The van der Waals surface area contributed by atoms with Crippen molar-refractivity contribution < 1.29 is 17.9 Å². The second-order valence-corrected chi connectivity index (χ2v) is 6.79. The van der Waals surface area contributed by atoms with Crippen molar-refractivity contribution in [2.75, 3.05) is 4.72 Å². The summed E-state index contributed by atoms with van der Waals surface area (Å²) < 4.78 is 39.8. The molecule has 0 saturated carbocycles. The van der Waals surface area contributed by atoms with E-state index in [-0.39, 0.29) is 16.3 Å². The Morgan fingerprint density at radius 2 is 1.90 bits per heavy atom. The van der Waals surface area contributed by atoms with Gasteiger partial charge in [0.15, 0.2) is 0 Å². The van der Waals surface area contributed by atoms with E-state index in [0.717, 1.165) is 18.2 Å². The number of hydrogen-bond donors (Lipinski definition) is 2. The normalized spacial score (nSPS) is 11.3. The van der Waals surface area contributed by atoms with Crippen LogP contribution in [0.25, 0.3) is 0 Å². The second-order valence-electron chi connectivity index (χ2n) is 3.84. The number of anilines is 1. The maximum Gasteiger partial charge on any atom is 0.262 e. The molecule has 0 unspecified atom stereocenters. The number of benzene rings is 2. The average Bonchev–Trinajstić information content (AvgIpc) is 2.36. The monoisotopic (exact) mass is 379 g/mol. The first-order valence-corrected chi connectivity index (χ1v) is 7.91. The highest BCUT2D eigenvalue weighted by atomic mass is 79.9. The van der Waals surface area contributed by atoms with Crippen LogP contribution in [0.1, 0.15) is 0 Å². The number of halogens is 3. The van der Waals surface area contributed by atoms with Gasteiger partial charge in [-0.05, 0) is 46.3 Å². The van der Waals surface area contributed by atoms with E-state index >= 15 is 0 Å². The molecule has 0 bridgehead atoms. The van der Waals surface area contributed by atoms with Gasteiger partial charge in [0.25, 0.3) is 10.0 Å². The van der Waals surface area contributed by atoms with Gasteiger partial charge in [-0.25, -0.2) is 12.8 Å². The highest BCUT2D eigenvalue weighted by Crippen LogP contribution is 2.29. The van der Waals surface area contributed by atoms with Crippen molar-refractivity contribution in [1.82, 2.24) is 0 Å². The van der Waals surface area contributed by atoms with Crippen LogP contribution < -0.4 is 4.72 Å². The summed E-state index contributed by atoms with van der Waals surface area (Å²) in [5, 5.41) is 9.88. The Balaban J connectivity index is 2.40. The highest BCUT2D eigenvalue weighted by molar-refractivity contribution is 9.10. The van der Waals surface area contributed by atoms with E-state index in [2.05, 4.69) is 20.7 Å². The van der Waals surface area contributed by atoms with Crippen LogP contribution in [0.15, 0.2) is 45.8 Å². The molecule has 0 aromatic heterocycles. The van der Waals surface area contributed by atoms with Gasteiger partial charge in [-0.15, -0.1) is 0 Å². The highest BCUT2D eigenvalue weighted by Gasteiger charge is 2.17. The number of hydrogen-bond acceptors (Lipinski definition) is 3. The summed E-state index contributed by atoms with van der Waals surface area (Å²) in [4.78, 5) is -0.0718. The smallest absolute Gasteiger partial charge is 0.262 e. The maximum atomic E-state index is 13.1. The lowest BCUT2D eigenvalue weighted by atomic mass is 10.3. The molecule has 2 rings (SSSR count). The Morgan fingerprint density at radius 1 is 1.20 bits per heavy atom. The molecule has 0 aliphatic carbocycles. The van der Waals surface area contributed by atoms with Crippen LogP contribution in [0.2, 0.25) is 5.02 Å². The molecule has 8 heteroatoms. The Hall–Kier alpha value is -1.31. The number of aromatic hydroxyl groups is 1. The summed E-state index contributed by atoms with van der Waals surface area (Å²) in [5.41, 5.74) is -0.240. The van der Waals surface area contributed by atoms with E-state index in [0.29, 0.717) is 9.50 Å². The summed E-state index contributed by atoms with van der Waals surface area (Å²) >= 11 is 8.90. The van der Waals surface area contributed by atoms with Crippen LogP contribution >= 0.6 is 27.5 Å². The Labute approximate surface area is 128 Å². The van der Waals surface area contributed by atoms with Crippen molar-refractivity contribution >= 4 is 43.2 Å². The first kappa shape index (κ1) is 15.1. The minimum Gasteiger partial charge on any atom is -0.506 e. The molecule has 20 heavy (non-hydrogen) atoms. The van der Waals surface area contributed by atoms with Gasteiger partial charge in [-0.3, -0.25) is 4.72 Å².